The molecule has 7 heteroatoms. The van der Waals surface area contributed by atoms with Gasteiger partial charge in [0, 0.05) is 25.1 Å². The quantitative estimate of drug-likeness (QED) is 0.777. The van der Waals surface area contributed by atoms with Gasteiger partial charge in [-0.3, -0.25) is 4.79 Å². The highest BCUT2D eigenvalue weighted by molar-refractivity contribution is 6.33. The van der Waals surface area contributed by atoms with Crippen LogP contribution in [0.15, 0.2) is 46.4 Å². The normalized spacial score (nSPS) is 16.6. The zero-order chi connectivity index (χ0) is 19.4. The first kappa shape index (κ1) is 19.5. The molecule has 1 aromatic carbocycles. The Bertz CT molecular complexity index is 812. The molecule has 0 atom stereocenters. The largest absolute Gasteiger partial charge is 0.384 e. The summed E-state index contributed by atoms with van der Waals surface area (Å²) in [5.74, 6) is 0.572. The molecule has 2 aliphatic rings. The highest BCUT2D eigenvalue weighted by atomic mass is 35.5. The van der Waals surface area contributed by atoms with Crippen molar-refractivity contribution in [1.82, 2.24) is 15.3 Å². The topological polar surface area (TPSA) is 57.2 Å². The second-order valence-electron chi connectivity index (χ2n) is 6.31. The zero-order valence-electron chi connectivity index (χ0n) is 16.0. The van der Waals surface area contributed by atoms with Crippen LogP contribution in [-0.2, 0) is 9.63 Å². The lowest BCUT2D eigenvalue weighted by molar-refractivity contribution is -0.122. The molecule has 27 heavy (non-hydrogen) atoms. The van der Waals surface area contributed by atoms with E-state index in [0.717, 1.165) is 36.7 Å². The predicted octanol–water partition coefficient (Wildman–Crippen LogP) is 3.42. The third-order valence-electron chi connectivity index (χ3n) is 4.84. The van der Waals surface area contributed by atoms with Crippen molar-refractivity contribution in [3.05, 3.63) is 52.0 Å². The number of rotatable bonds is 7. The summed E-state index contributed by atoms with van der Waals surface area (Å²) in [6.45, 7) is 9.46. The summed E-state index contributed by atoms with van der Waals surface area (Å²) >= 11 is 6.39. The first-order valence-electron chi connectivity index (χ1n) is 9.34. The van der Waals surface area contributed by atoms with Crippen LogP contribution in [0, 0.1) is 0 Å². The summed E-state index contributed by atoms with van der Waals surface area (Å²) in [6, 6.07) is 7.47. The fourth-order valence-electron chi connectivity index (χ4n) is 3.26. The van der Waals surface area contributed by atoms with E-state index >= 15 is 0 Å². The fourth-order valence-corrected chi connectivity index (χ4v) is 3.48. The predicted molar refractivity (Wildman–Crippen MR) is 108 cm³/mol. The van der Waals surface area contributed by atoms with E-state index < -0.39 is 0 Å². The number of nitrogens with one attached hydrogen (secondary N) is 1. The minimum Gasteiger partial charge on any atom is -0.384 e. The summed E-state index contributed by atoms with van der Waals surface area (Å²) in [6.07, 6.45) is 2.03. The van der Waals surface area contributed by atoms with Crippen LogP contribution >= 0.6 is 11.6 Å². The molecular weight excluding hydrogens is 364 g/mol. The Morgan fingerprint density at radius 2 is 1.96 bits per heavy atom. The molecule has 1 aromatic rings. The molecule has 6 nitrogen and oxygen atoms in total. The lowest BCUT2D eigenvalue weighted by Crippen LogP contribution is -2.39. The van der Waals surface area contributed by atoms with Crippen molar-refractivity contribution in [3.8, 4) is 0 Å². The van der Waals surface area contributed by atoms with Crippen LogP contribution in [0.25, 0.3) is 5.70 Å². The zero-order valence-corrected chi connectivity index (χ0v) is 16.7. The van der Waals surface area contributed by atoms with Gasteiger partial charge in [0.15, 0.2) is 5.76 Å². The average molecular weight is 389 g/mol. The number of carbonyl (C=O) groups is 1. The van der Waals surface area contributed by atoms with Crippen molar-refractivity contribution < 1.29 is 9.63 Å². The second-order valence-corrected chi connectivity index (χ2v) is 6.72. The van der Waals surface area contributed by atoms with Crippen LogP contribution in [0.4, 0.5) is 0 Å². The number of amides is 1. The van der Waals surface area contributed by atoms with E-state index in [4.69, 9.17) is 16.4 Å². The van der Waals surface area contributed by atoms with Crippen LogP contribution in [0.2, 0.25) is 5.02 Å². The standard InChI is InChI=1S/C20H25ClN4O2/c1-4-16-20-19(23-27-16)18(14-9-7-8-10-15(14)21)22-13-17(26)25(20)12-11-24(5-2)6-3/h7-10,13,23H,4-6,11-12H2,1-3H3. The van der Waals surface area contributed by atoms with Crippen LogP contribution in [0.1, 0.15) is 32.8 Å². The number of hydrogen-bond donors (Lipinski definition) is 1. The number of fused-ring (bicyclic) bond motifs is 1. The number of benzene rings is 1. The van der Waals surface area contributed by atoms with Crippen molar-refractivity contribution in [2.75, 3.05) is 26.2 Å². The highest BCUT2D eigenvalue weighted by Crippen LogP contribution is 2.36. The maximum atomic E-state index is 12.9. The van der Waals surface area contributed by atoms with E-state index in [1.165, 1.54) is 6.21 Å². The smallest absolute Gasteiger partial charge is 0.269 e. The van der Waals surface area contributed by atoms with Crippen LogP contribution in [0.3, 0.4) is 0 Å². The van der Waals surface area contributed by atoms with E-state index in [-0.39, 0.29) is 5.91 Å². The van der Waals surface area contributed by atoms with Crippen molar-refractivity contribution in [1.29, 1.82) is 0 Å². The van der Waals surface area contributed by atoms with Crippen LogP contribution in [-0.4, -0.2) is 48.1 Å². The molecule has 0 fully saturated rings. The van der Waals surface area contributed by atoms with Crippen molar-refractivity contribution in [3.63, 3.8) is 0 Å². The lowest BCUT2D eigenvalue weighted by atomic mass is 10.1. The summed E-state index contributed by atoms with van der Waals surface area (Å²) < 4.78 is 0. The third kappa shape index (κ3) is 3.87. The number of carbonyl (C=O) groups excluding carboxylic acids is 1. The summed E-state index contributed by atoms with van der Waals surface area (Å²) in [4.78, 5) is 27.0. The van der Waals surface area contributed by atoms with Crippen molar-refractivity contribution in [2.24, 2.45) is 4.99 Å². The van der Waals surface area contributed by atoms with Gasteiger partial charge in [-0.1, -0.05) is 50.6 Å². The molecule has 1 N–H and O–H groups in total. The molecule has 0 radical (unpaired) electrons. The monoisotopic (exact) mass is 388 g/mol. The molecule has 0 aromatic heterocycles. The van der Waals surface area contributed by atoms with Crippen LogP contribution < -0.4 is 5.48 Å². The molecular formula is C20H25ClN4O2. The first-order chi connectivity index (χ1) is 13.1. The number of likely N-dealkylation sites (N-methyl/N-ethyl adjacent to an activating group) is 1. The SMILES string of the molecule is CCC1=C2C(=C(c3ccccc3Cl)N=CC(=O)N2CCN(CC)CC)NO1. The van der Waals surface area contributed by atoms with Gasteiger partial charge in [0.25, 0.3) is 5.91 Å². The molecule has 3 rings (SSSR count). The maximum Gasteiger partial charge on any atom is 0.269 e. The fraction of sp³-hybridized carbons (Fsp3) is 0.400. The minimum absolute atomic E-state index is 0.157. The first-order valence-corrected chi connectivity index (χ1v) is 9.71. The number of aliphatic imine (C=N–C) groups is 1. The van der Waals surface area contributed by atoms with Crippen molar-refractivity contribution >= 4 is 29.4 Å². The lowest BCUT2D eigenvalue weighted by Gasteiger charge is -2.25. The average Bonchev–Trinajstić information content (AvgIpc) is 3.04. The maximum absolute atomic E-state index is 12.9. The molecule has 0 saturated carbocycles. The van der Waals surface area contributed by atoms with Gasteiger partial charge in [0.2, 0.25) is 0 Å². The Balaban J connectivity index is 2.05. The molecule has 2 aliphatic heterocycles. The van der Waals surface area contributed by atoms with E-state index in [9.17, 15) is 4.79 Å². The van der Waals surface area contributed by atoms with E-state index in [0.29, 0.717) is 29.4 Å². The van der Waals surface area contributed by atoms with Gasteiger partial charge in [-0.25, -0.2) is 10.5 Å². The minimum atomic E-state index is -0.157. The Morgan fingerprint density at radius 1 is 1.22 bits per heavy atom. The molecule has 144 valence electrons. The number of hydrogen-bond acceptors (Lipinski definition) is 5. The summed E-state index contributed by atoms with van der Waals surface area (Å²) in [5.41, 5.74) is 5.77. The van der Waals surface area contributed by atoms with E-state index in [2.05, 4.69) is 29.2 Å². The van der Waals surface area contributed by atoms with E-state index in [1.807, 2.05) is 31.2 Å². The highest BCUT2D eigenvalue weighted by Gasteiger charge is 2.34. The summed E-state index contributed by atoms with van der Waals surface area (Å²) in [5, 5.41) is 0.576. The molecule has 0 bridgehead atoms. The molecule has 0 unspecified atom stereocenters. The van der Waals surface area contributed by atoms with E-state index in [1.54, 1.807) is 4.90 Å². The molecule has 0 saturated heterocycles. The Hall–Kier alpha value is -2.31. The number of nitrogens with zero attached hydrogens (tertiary/aromatic N) is 3. The summed E-state index contributed by atoms with van der Waals surface area (Å²) in [7, 11) is 0. The number of hydroxylamine groups is 1. The van der Waals surface area contributed by atoms with Crippen molar-refractivity contribution in [2.45, 2.75) is 27.2 Å². The molecule has 0 spiro atoms. The van der Waals surface area contributed by atoms with Gasteiger partial charge < -0.3 is 14.6 Å². The Morgan fingerprint density at radius 3 is 2.63 bits per heavy atom. The van der Waals surface area contributed by atoms with Gasteiger partial charge in [-0.2, -0.15) is 0 Å². The Kier molecular flexibility index (Phi) is 6.19. The third-order valence-corrected chi connectivity index (χ3v) is 5.17. The van der Waals surface area contributed by atoms with Crippen LogP contribution in [0.5, 0.6) is 0 Å². The van der Waals surface area contributed by atoms with Gasteiger partial charge in [-0.15, -0.1) is 0 Å². The number of halogens is 1. The molecule has 0 aliphatic carbocycles. The second kappa shape index (κ2) is 8.59. The van der Waals surface area contributed by atoms with Gasteiger partial charge in [-0.05, 0) is 19.2 Å². The van der Waals surface area contributed by atoms with Gasteiger partial charge >= 0.3 is 0 Å². The number of allylic oxidation sites excluding steroid dienone is 1. The van der Waals surface area contributed by atoms with Gasteiger partial charge in [0.1, 0.15) is 17.1 Å². The Labute approximate surface area is 165 Å². The molecule has 2 heterocycles. The molecule has 1 amide bonds. The van der Waals surface area contributed by atoms with Gasteiger partial charge in [0.05, 0.1) is 11.2 Å².